The highest BCUT2D eigenvalue weighted by Gasteiger charge is 2.26. The van der Waals surface area contributed by atoms with Crippen molar-refractivity contribution in [1.29, 1.82) is 0 Å². The number of aromatic amines is 1. The molecule has 10 heteroatoms. The maximum absolute atomic E-state index is 14.9. The minimum atomic E-state index is -0.708. The first-order valence-corrected chi connectivity index (χ1v) is 10.5. The number of H-pyrrole nitrogens is 1. The smallest absolute Gasteiger partial charge is 0.252 e. The molecule has 2 unspecified atom stereocenters. The Morgan fingerprint density at radius 1 is 1.21 bits per heavy atom. The number of carbonyl (C=O) groups is 1. The number of methoxy groups -OCH3 is 1. The van der Waals surface area contributed by atoms with Gasteiger partial charge in [-0.3, -0.25) is 14.6 Å². The Bertz CT molecular complexity index is 1240. The molecule has 4 aromatic rings. The van der Waals surface area contributed by atoms with Gasteiger partial charge in [0.2, 0.25) is 0 Å². The van der Waals surface area contributed by atoms with Crippen LogP contribution in [0.1, 0.15) is 10.4 Å². The molecular formula is C24H23F2N5O3. The molecule has 1 amide bonds. The lowest BCUT2D eigenvalue weighted by Crippen LogP contribution is -2.48. The zero-order valence-electron chi connectivity index (χ0n) is 18.3. The molecule has 3 N–H and O–H groups in total. The van der Waals surface area contributed by atoms with E-state index in [1.54, 1.807) is 41.3 Å². The number of amides is 1. The van der Waals surface area contributed by atoms with Crippen molar-refractivity contribution in [3.8, 4) is 22.5 Å². The average Bonchev–Trinajstić information content (AvgIpc) is 3.52. The summed E-state index contributed by atoms with van der Waals surface area (Å²) in [5.41, 5.74) is 1.50. The lowest BCUT2D eigenvalue weighted by atomic mass is 10.0. The van der Waals surface area contributed by atoms with Gasteiger partial charge in [0.15, 0.2) is 0 Å². The van der Waals surface area contributed by atoms with E-state index in [-0.39, 0.29) is 35.8 Å². The molecule has 0 aliphatic rings. The van der Waals surface area contributed by atoms with Crippen LogP contribution in [-0.4, -0.2) is 56.9 Å². The van der Waals surface area contributed by atoms with Crippen molar-refractivity contribution in [2.24, 2.45) is 0 Å². The zero-order valence-corrected chi connectivity index (χ0v) is 18.3. The zero-order chi connectivity index (χ0) is 24.1. The summed E-state index contributed by atoms with van der Waals surface area (Å²) in [5, 5.41) is 23.7. The Kier molecular flexibility index (Phi) is 7.09. The summed E-state index contributed by atoms with van der Waals surface area (Å²) in [6, 6.07) is 12.6. The number of aliphatic hydroxyl groups excluding tert-OH is 1. The Morgan fingerprint density at radius 3 is 2.68 bits per heavy atom. The number of carbonyl (C=O) groups excluding carboxylic acids is 1. The van der Waals surface area contributed by atoms with E-state index in [9.17, 15) is 18.7 Å². The first kappa shape index (κ1) is 23.3. The monoisotopic (exact) mass is 467 g/mol. The van der Waals surface area contributed by atoms with Crippen molar-refractivity contribution in [3.05, 3.63) is 84.2 Å². The quantitative estimate of drug-likeness (QED) is 0.351. The average molecular weight is 467 g/mol. The van der Waals surface area contributed by atoms with Gasteiger partial charge < -0.3 is 15.2 Å². The van der Waals surface area contributed by atoms with Crippen LogP contribution in [0.2, 0.25) is 0 Å². The molecule has 0 saturated heterocycles. The number of nitrogens with zero attached hydrogens (tertiary/aromatic N) is 3. The summed E-state index contributed by atoms with van der Waals surface area (Å²) in [7, 11) is 1.43. The van der Waals surface area contributed by atoms with Gasteiger partial charge in [-0.05, 0) is 54.1 Å². The maximum Gasteiger partial charge on any atom is 0.252 e. The highest BCUT2D eigenvalue weighted by atomic mass is 19.1. The van der Waals surface area contributed by atoms with E-state index in [0.29, 0.717) is 11.3 Å². The van der Waals surface area contributed by atoms with Gasteiger partial charge >= 0.3 is 0 Å². The topological polar surface area (TPSA) is 105 Å². The second-order valence-corrected chi connectivity index (χ2v) is 7.60. The van der Waals surface area contributed by atoms with Gasteiger partial charge in [-0.2, -0.15) is 10.2 Å². The lowest BCUT2D eigenvalue weighted by molar-refractivity contribution is 0.0167. The summed E-state index contributed by atoms with van der Waals surface area (Å²) >= 11 is 0. The van der Waals surface area contributed by atoms with Gasteiger partial charge in [0.25, 0.3) is 5.91 Å². The summed E-state index contributed by atoms with van der Waals surface area (Å²) in [4.78, 5) is 13.3. The van der Waals surface area contributed by atoms with Crippen LogP contribution in [0, 0.1) is 11.6 Å². The molecule has 2 aromatic heterocycles. The molecule has 4 rings (SSSR count). The van der Waals surface area contributed by atoms with Crippen molar-refractivity contribution in [3.63, 3.8) is 0 Å². The van der Waals surface area contributed by atoms with Gasteiger partial charge in [0.1, 0.15) is 17.7 Å². The van der Waals surface area contributed by atoms with Gasteiger partial charge in [-0.15, -0.1) is 0 Å². The van der Waals surface area contributed by atoms with Gasteiger partial charge in [-0.1, -0.05) is 6.07 Å². The number of hydrogen-bond donors (Lipinski definition) is 3. The van der Waals surface area contributed by atoms with E-state index >= 15 is 0 Å². The first-order chi connectivity index (χ1) is 16.5. The number of ether oxygens (including phenoxy) is 1. The molecule has 34 heavy (non-hydrogen) atoms. The van der Waals surface area contributed by atoms with Crippen LogP contribution in [0.5, 0.6) is 0 Å². The summed E-state index contributed by atoms with van der Waals surface area (Å²) in [6.45, 7) is -0.0985. The Balaban J connectivity index is 1.64. The molecule has 2 aromatic carbocycles. The fraction of sp³-hybridized carbons (Fsp3) is 0.208. The number of rotatable bonds is 9. The SMILES string of the molecule is COC(CO)C(Cn1cccn1)NC(=O)c1cccc(F)c1-c1cc(-c2ccc(F)cc2)[nH]n1. The molecule has 0 fully saturated rings. The lowest BCUT2D eigenvalue weighted by Gasteiger charge is -2.26. The fourth-order valence-corrected chi connectivity index (χ4v) is 3.68. The van der Waals surface area contributed by atoms with Crippen LogP contribution in [-0.2, 0) is 11.3 Å². The standard InChI is InChI=1S/C24H23F2N5O3/c1-34-22(14-32)21(13-31-11-3-10-27-31)28-24(33)17-4-2-5-18(26)23(17)20-12-19(29-30-20)15-6-8-16(25)9-7-15/h2-12,21-22,32H,13-14H2,1H3,(H,28,33)(H,29,30). The van der Waals surface area contributed by atoms with E-state index in [4.69, 9.17) is 4.74 Å². The van der Waals surface area contributed by atoms with Crippen molar-refractivity contribution in [1.82, 2.24) is 25.3 Å². The van der Waals surface area contributed by atoms with E-state index in [1.807, 2.05) is 0 Å². The number of aliphatic hydroxyl groups is 1. The second kappa shape index (κ2) is 10.4. The Labute approximate surface area is 194 Å². The summed E-state index contributed by atoms with van der Waals surface area (Å²) < 4.78 is 35.1. The number of halogens is 2. The Hall–Kier alpha value is -3.89. The molecule has 0 radical (unpaired) electrons. The van der Waals surface area contributed by atoms with Crippen LogP contribution in [0.3, 0.4) is 0 Å². The molecule has 0 bridgehead atoms. The molecule has 2 atom stereocenters. The van der Waals surface area contributed by atoms with Crippen molar-refractivity contribution in [2.75, 3.05) is 13.7 Å². The van der Waals surface area contributed by atoms with Crippen LogP contribution in [0.4, 0.5) is 8.78 Å². The third-order valence-corrected chi connectivity index (χ3v) is 5.44. The number of hydrogen-bond acceptors (Lipinski definition) is 5. The van der Waals surface area contributed by atoms with E-state index in [2.05, 4.69) is 20.6 Å². The van der Waals surface area contributed by atoms with Gasteiger partial charge in [-0.25, -0.2) is 8.78 Å². The van der Waals surface area contributed by atoms with E-state index in [1.165, 1.54) is 37.4 Å². The molecule has 0 spiro atoms. The highest BCUT2D eigenvalue weighted by Crippen LogP contribution is 2.29. The third kappa shape index (κ3) is 5.03. The maximum atomic E-state index is 14.9. The molecule has 8 nitrogen and oxygen atoms in total. The van der Waals surface area contributed by atoms with Gasteiger partial charge in [0.05, 0.1) is 41.7 Å². The predicted octanol–water partition coefficient (Wildman–Crippen LogP) is 3.02. The molecule has 2 heterocycles. The first-order valence-electron chi connectivity index (χ1n) is 10.5. The number of aromatic nitrogens is 4. The fourth-order valence-electron chi connectivity index (χ4n) is 3.68. The molecule has 0 aliphatic heterocycles. The molecule has 0 aliphatic carbocycles. The largest absolute Gasteiger partial charge is 0.394 e. The molecular weight excluding hydrogens is 444 g/mol. The minimum Gasteiger partial charge on any atom is -0.394 e. The van der Waals surface area contributed by atoms with E-state index < -0.39 is 23.9 Å². The van der Waals surface area contributed by atoms with Crippen LogP contribution in [0.25, 0.3) is 22.5 Å². The van der Waals surface area contributed by atoms with Crippen molar-refractivity contribution >= 4 is 5.91 Å². The second-order valence-electron chi connectivity index (χ2n) is 7.60. The minimum absolute atomic E-state index is 0.0143. The highest BCUT2D eigenvalue weighted by molar-refractivity contribution is 6.01. The third-order valence-electron chi connectivity index (χ3n) is 5.44. The van der Waals surface area contributed by atoms with Crippen LogP contribution in [0.15, 0.2) is 67.0 Å². The Morgan fingerprint density at radius 2 is 2.00 bits per heavy atom. The number of nitrogens with one attached hydrogen (secondary N) is 2. The predicted molar refractivity (Wildman–Crippen MR) is 121 cm³/mol. The van der Waals surface area contributed by atoms with Gasteiger partial charge in [0, 0.05) is 19.5 Å². The normalized spacial score (nSPS) is 12.9. The van der Waals surface area contributed by atoms with Crippen molar-refractivity contribution < 1.29 is 23.4 Å². The summed E-state index contributed by atoms with van der Waals surface area (Å²) in [6.07, 6.45) is 2.61. The molecule has 0 saturated carbocycles. The molecule has 176 valence electrons. The van der Waals surface area contributed by atoms with Crippen LogP contribution >= 0.6 is 0 Å². The van der Waals surface area contributed by atoms with E-state index in [0.717, 1.165) is 0 Å². The number of benzene rings is 2. The van der Waals surface area contributed by atoms with Crippen molar-refractivity contribution in [2.45, 2.75) is 18.7 Å². The van der Waals surface area contributed by atoms with Crippen LogP contribution < -0.4 is 5.32 Å². The summed E-state index contributed by atoms with van der Waals surface area (Å²) in [5.74, 6) is -1.56.